The van der Waals surface area contributed by atoms with Gasteiger partial charge in [0.2, 0.25) is 0 Å². The predicted molar refractivity (Wildman–Crippen MR) is 82.9 cm³/mol. The van der Waals surface area contributed by atoms with Gasteiger partial charge in [-0.3, -0.25) is 0 Å². The van der Waals surface area contributed by atoms with E-state index >= 15 is 0 Å². The Morgan fingerprint density at radius 2 is 2.00 bits per heavy atom. The molecular formula is C16H22N2S. The first-order chi connectivity index (χ1) is 9.13. The second-order valence-electron chi connectivity index (χ2n) is 5.03. The number of aryl methyl sites for hydroxylation is 3. The zero-order valence-corrected chi connectivity index (χ0v) is 13.0. The van der Waals surface area contributed by atoms with Gasteiger partial charge in [-0.25, -0.2) is 4.98 Å². The van der Waals surface area contributed by atoms with E-state index in [-0.39, 0.29) is 6.04 Å². The molecule has 1 heterocycles. The van der Waals surface area contributed by atoms with E-state index < -0.39 is 0 Å². The van der Waals surface area contributed by atoms with Crippen LogP contribution in [0.5, 0.6) is 0 Å². The maximum atomic E-state index is 4.39. The van der Waals surface area contributed by atoms with Gasteiger partial charge in [0.1, 0.15) is 0 Å². The summed E-state index contributed by atoms with van der Waals surface area (Å²) in [4.78, 5) is 5.72. The number of nitrogens with zero attached hydrogens (tertiary/aromatic N) is 1. The summed E-state index contributed by atoms with van der Waals surface area (Å²) in [6.45, 7) is 9.65. The molecule has 1 N–H and O–H groups in total. The number of hydrogen-bond donors (Lipinski definition) is 1. The van der Waals surface area contributed by atoms with Crippen LogP contribution < -0.4 is 5.32 Å². The Bertz CT molecular complexity index is 545. The maximum Gasteiger partial charge on any atom is 0.0798 e. The van der Waals surface area contributed by atoms with E-state index in [4.69, 9.17) is 0 Å². The van der Waals surface area contributed by atoms with E-state index in [1.165, 1.54) is 21.6 Å². The van der Waals surface area contributed by atoms with Crippen molar-refractivity contribution in [1.29, 1.82) is 0 Å². The van der Waals surface area contributed by atoms with Crippen molar-refractivity contribution < 1.29 is 0 Å². The van der Waals surface area contributed by atoms with Crippen molar-refractivity contribution in [2.75, 3.05) is 6.54 Å². The molecular weight excluding hydrogens is 252 g/mol. The molecule has 0 saturated heterocycles. The van der Waals surface area contributed by atoms with Gasteiger partial charge in [0, 0.05) is 4.88 Å². The number of thiazole rings is 1. The summed E-state index contributed by atoms with van der Waals surface area (Å²) >= 11 is 1.74. The van der Waals surface area contributed by atoms with Gasteiger partial charge >= 0.3 is 0 Å². The second kappa shape index (κ2) is 6.31. The third-order valence-electron chi connectivity index (χ3n) is 3.51. The Hall–Kier alpha value is -1.19. The van der Waals surface area contributed by atoms with E-state index in [9.17, 15) is 0 Å². The van der Waals surface area contributed by atoms with Crippen molar-refractivity contribution in [3.63, 3.8) is 0 Å². The summed E-state index contributed by atoms with van der Waals surface area (Å²) in [5.74, 6) is 0. The van der Waals surface area contributed by atoms with E-state index in [2.05, 4.69) is 56.2 Å². The molecule has 0 aliphatic heterocycles. The Morgan fingerprint density at radius 3 is 2.58 bits per heavy atom. The highest BCUT2D eigenvalue weighted by atomic mass is 32.1. The minimum atomic E-state index is 0.270. The quantitative estimate of drug-likeness (QED) is 0.885. The van der Waals surface area contributed by atoms with E-state index in [1.54, 1.807) is 11.3 Å². The second-order valence-corrected chi connectivity index (χ2v) is 5.92. The highest BCUT2D eigenvalue weighted by molar-refractivity contribution is 7.09. The summed E-state index contributed by atoms with van der Waals surface area (Å²) in [6.07, 6.45) is 1.14. The smallest absolute Gasteiger partial charge is 0.0798 e. The lowest BCUT2D eigenvalue weighted by atomic mass is 9.99. The van der Waals surface area contributed by atoms with Crippen molar-refractivity contribution in [2.24, 2.45) is 0 Å². The van der Waals surface area contributed by atoms with Gasteiger partial charge in [0.15, 0.2) is 0 Å². The molecule has 2 nitrogen and oxygen atoms in total. The minimum absolute atomic E-state index is 0.270. The molecule has 3 heteroatoms. The van der Waals surface area contributed by atoms with Crippen LogP contribution in [0, 0.1) is 20.8 Å². The van der Waals surface area contributed by atoms with E-state index in [0.29, 0.717) is 0 Å². The van der Waals surface area contributed by atoms with Crippen molar-refractivity contribution in [3.8, 4) is 0 Å². The van der Waals surface area contributed by atoms with E-state index in [0.717, 1.165) is 18.7 Å². The molecule has 1 unspecified atom stereocenters. The lowest BCUT2D eigenvalue weighted by molar-refractivity contribution is 0.602. The van der Waals surface area contributed by atoms with Crippen LogP contribution in [-0.2, 0) is 0 Å². The first kappa shape index (κ1) is 14.2. The number of hydrogen-bond acceptors (Lipinski definition) is 3. The van der Waals surface area contributed by atoms with Crippen LogP contribution in [0.2, 0.25) is 0 Å². The van der Waals surface area contributed by atoms with Crippen molar-refractivity contribution in [2.45, 2.75) is 40.2 Å². The molecule has 0 radical (unpaired) electrons. The van der Waals surface area contributed by atoms with Gasteiger partial charge in [-0.15, -0.1) is 11.3 Å². The molecule has 0 fully saturated rings. The average molecular weight is 274 g/mol. The van der Waals surface area contributed by atoms with Crippen molar-refractivity contribution in [3.05, 3.63) is 51.0 Å². The maximum absolute atomic E-state index is 4.39. The molecule has 0 saturated carbocycles. The zero-order chi connectivity index (χ0) is 13.8. The highest BCUT2D eigenvalue weighted by Crippen LogP contribution is 2.29. The lowest BCUT2D eigenvalue weighted by Gasteiger charge is -2.19. The Kier molecular flexibility index (Phi) is 4.72. The van der Waals surface area contributed by atoms with Crippen LogP contribution in [0.25, 0.3) is 0 Å². The van der Waals surface area contributed by atoms with Crippen molar-refractivity contribution >= 4 is 11.3 Å². The standard InChI is InChI=1S/C16H22N2S/c1-5-8-17-15(16-13(4)18-10-19-16)14-7-6-11(2)12(3)9-14/h6-7,9-10,15,17H,5,8H2,1-4H3. The molecule has 0 aliphatic rings. The summed E-state index contributed by atoms with van der Waals surface area (Å²) < 4.78 is 0. The van der Waals surface area contributed by atoms with Gasteiger partial charge in [-0.2, -0.15) is 0 Å². The largest absolute Gasteiger partial charge is 0.306 e. The molecule has 19 heavy (non-hydrogen) atoms. The molecule has 102 valence electrons. The normalized spacial score (nSPS) is 12.6. The Balaban J connectivity index is 2.37. The Morgan fingerprint density at radius 1 is 1.21 bits per heavy atom. The zero-order valence-electron chi connectivity index (χ0n) is 12.2. The van der Waals surface area contributed by atoms with Crippen LogP contribution in [0.1, 0.15) is 46.6 Å². The average Bonchev–Trinajstić information content (AvgIpc) is 2.80. The van der Waals surface area contributed by atoms with Gasteiger partial charge in [-0.1, -0.05) is 25.1 Å². The molecule has 1 aromatic carbocycles. The minimum Gasteiger partial charge on any atom is -0.306 e. The fourth-order valence-corrected chi connectivity index (χ4v) is 3.09. The van der Waals surface area contributed by atoms with Gasteiger partial charge in [0.05, 0.1) is 17.2 Å². The number of rotatable bonds is 5. The fourth-order valence-electron chi connectivity index (χ4n) is 2.18. The molecule has 1 atom stereocenters. The summed E-state index contributed by atoms with van der Waals surface area (Å²) in [6, 6.07) is 7.00. The first-order valence-electron chi connectivity index (χ1n) is 6.84. The topological polar surface area (TPSA) is 24.9 Å². The number of benzene rings is 1. The summed E-state index contributed by atoms with van der Waals surface area (Å²) in [7, 11) is 0. The number of aromatic nitrogens is 1. The highest BCUT2D eigenvalue weighted by Gasteiger charge is 2.17. The SMILES string of the molecule is CCCNC(c1ccc(C)c(C)c1)c1scnc1C. The summed E-state index contributed by atoms with van der Waals surface area (Å²) in [5, 5.41) is 3.65. The van der Waals surface area contributed by atoms with Crippen LogP contribution in [0.4, 0.5) is 0 Å². The molecule has 0 amide bonds. The monoisotopic (exact) mass is 274 g/mol. The van der Waals surface area contributed by atoms with Crippen LogP contribution >= 0.6 is 11.3 Å². The molecule has 0 aliphatic carbocycles. The first-order valence-corrected chi connectivity index (χ1v) is 7.72. The third kappa shape index (κ3) is 3.23. The van der Waals surface area contributed by atoms with Crippen LogP contribution in [-0.4, -0.2) is 11.5 Å². The van der Waals surface area contributed by atoms with Gasteiger partial charge in [0.25, 0.3) is 0 Å². The molecule has 0 spiro atoms. The van der Waals surface area contributed by atoms with Gasteiger partial charge in [-0.05, 0) is 50.4 Å². The number of nitrogens with one attached hydrogen (secondary N) is 1. The summed E-state index contributed by atoms with van der Waals surface area (Å²) in [5.41, 5.74) is 7.11. The van der Waals surface area contributed by atoms with Crippen LogP contribution in [0.15, 0.2) is 23.7 Å². The van der Waals surface area contributed by atoms with E-state index in [1.807, 2.05) is 5.51 Å². The fraction of sp³-hybridized carbons (Fsp3) is 0.438. The predicted octanol–water partition coefficient (Wildman–Crippen LogP) is 4.16. The van der Waals surface area contributed by atoms with Crippen LogP contribution in [0.3, 0.4) is 0 Å². The Labute approximate surface area is 119 Å². The van der Waals surface area contributed by atoms with Crippen molar-refractivity contribution in [1.82, 2.24) is 10.3 Å². The molecule has 2 rings (SSSR count). The molecule has 1 aromatic heterocycles. The van der Waals surface area contributed by atoms with Gasteiger partial charge < -0.3 is 5.32 Å². The lowest BCUT2D eigenvalue weighted by Crippen LogP contribution is -2.23. The third-order valence-corrected chi connectivity index (χ3v) is 4.50. The molecule has 2 aromatic rings. The molecule has 0 bridgehead atoms.